The largest absolute Gasteiger partial charge is 0.317 e. The van der Waals surface area contributed by atoms with Crippen molar-refractivity contribution in [2.75, 3.05) is 0 Å². The van der Waals surface area contributed by atoms with Crippen LogP contribution in [0.5, 0.6) is 0 Å². The second kappa shape index (κ2) is 6.42. The Morgan fingerprint density at radius 3 is 2.57 bits per heavy atom. The molecule has 0 aliphatic heterocycles. The van der Waals surface area contributed by atoms with Gasteiger partial charge in [0.25, 0.3) is 5.91 Å². The van der Waals surface area contributed by atoms with E-state index in [0.29, 0.717) is 5.56 Å². The first-order chi connectivity index (χ1) is 11.0. The molecule has 0 radical (unpaired) electrons. The summed E-state index contributed by atoms with van der Waals surface area (Å²) in [5.74, 6) is -0.208. The number of aryl methyl sites for hydroxylation is 3. The van der Waals surface area contributed by atoms with Gasteiger partial charge in [0.1, 0.15) is 0 Å². The van der Waals surface area contributed by atoms with Crippen molar-refractivity contribution in [2.24, 2.45) is 4.99 Å². The molecule has 1 aromatic heterocycles. The molecular formula is C18H17BrN2OS. The molecule has 118 valence electrons. The van der Waals surface area contributed by atoms with Crippen LogP contribution in [0.2, 0.25) is 0 Å². The number of hydrogen-bond donors (Lipinski definition) is 0. The van der Waals surface area contributed by atoms with Gasteiger partial charge in [0.15, 0.2) is 4.80 Å². The molecule has 1 heterocycles. The zero-order valence-electron chi connectivity index (χ0n) is 13.3. The molecule has 1 amide bonds. The van der Waals surface area contributed by atoms with E-state index >= 15 is 0 Å². The zero-order valence-corrected chi connectivity index (χ0v) is 15.7. The van der Waals surface area contributed by atoms with E-state index in [-0.39, 0.29) is 5.91 Å². The standard InChI is InChI=1S/C18H17BrN2OS/c1-4-21-15-10-11(2)9-12(3)16(15)23-18(21)20-17(22)13-5-7-14(19)8-6-13/h5-10H,4H2,1-3H3. The lowest BCUT2D eigenvalue weighted by molar-refractivity contribution is 0.0998. The molecular weight excluding hydrogens is 372 g/mol. The van der Waals surface area contributed by atoms with Gasteiger partial charge in [0.2, 0.25) is 0 Å². The number of amides is 1. The van der Waals surface area contributed by atoms with Crippen molar-refractivity contribution >= 4 is 43.4 Å². The fraction of sp³-hybridized carbons (Fsp3) is 0.222. The van der Waals surface area contributed by atoms with Gasteiger partial charge in [-0.05, 0) is 62.2 Å². The van der Waals surface area contributed by atoms with Crippen molar-refractivity contribution in [3.8, 4) is 0 Å². The van der Waals surface area contributed by atoms with Gasteiger partial charge in [-0.1, -0.05) is 33.3 Å². The maximum Gasteiger partial charge on any atom is 0.279 e. The second-order valence-corrected chi connectivity index (χ2v) is 7.38. The number of thiazole rings is 1. The average Bonchev–Trinajstić information content (AvgIpc) is 2.85. The molecule has 3 nitrogen and oxygen atoms in total. The number of carbonyl (C=O) groups excluding carboxylic acids is 1. The summed E-state index contributed by atoms with van der Waals surface area (Å²) in [6, 6.07) is 11.6. The zero-order chi connectivity index (χ0) is 16.6. The number of nitrogens with zero attached hydrogens (tertiary/aromatic N) is 2. The molecule has 0 fully saturated rings. The first-order valence-corrected chi connectivity index (χ1v) is 9.05. The lowest BCUT2D eigenvalue weighted by atomic mass is 10.1. The van der Waals surface area contributed by atoms with Crippen LogP contribution in [0.4, 0.5) is 0 Å². The molecule has 0 atom stereocenters. The molecule has 0 saturated carbocycles. The van der Waals surface area contributed by atoms with Crippen molar-refractivity contribution in [2.45, 2.75) is 27.3 Å². The number of aromatic nitrogens is 1. The summed E-state index contributed by atoms with van der Waals surface area (Å²) in [5.41, 5.74) is 4.20. The van der Waals surface area contributed by atoms with Crippen LogP contribution in [0.3, 0.4) is 0 Å². The minimum atomic E-state index is -0.208. The quantitative estimate of drug-likeness (QED) is 0.617. The van der Waals surface area contributed by atoms with Crippen LogP contribution in [0.15, 0.2) is 45.9 Å². The van der Waals surface area contributed by atoms with Crippen LogP contribution in [0.1, 0.15) is 28.4 Å². The molecule has 0 bridgehead atoms. The number of rotatable bonds is 2. The maximum atomic E-state index is 12.4. The average molecular weight is 389 g/mol. The van der Waals surface area contributed by atoms with Crippen LogP contribution >= 0.6 is 27.3 Å². The normalized spacial score (nSPS) is 12.1. The predicted octanol–water partition coefficient (Wildman–Crippen LogP) is 4.84. The summed E-state index contributed by atoms with van der Waals surface area (Å²) in [7, 11) is 0. The highest BCUT2D eigenvalue weighted by Crippen LogP contribution is 2.23. The minimum Gasteiger partial charge on any atom is -0.317 e. The van der Waals surface area contributed by atoms with Crippen molar-refractivity contribution in [3.05, 3.63) is 62.4 Å². The fourth-order valence-corrected chi connectivity index (χ4v) is 4.05. The minimum absolute atomic E-state index is 0.208. The molecule has 0 spiro atoms. The summed E-state index contributed by atoms with van der Waals surface area (Å²) in [4.78, 5) is 17.6. The Morgan fingerprint density at radius 1 is 1.22 bits per heavy atom. The molecule has 0 unspecified atom stereocenters. The summed E-state index contributed by atoms with van der Waals surface area (Å²) < 4.78 is 4.25. The van der Waals surface area contributed by atoms with E-state index in [1.54, 1.807) is 23.5 Å². The van der Waals surface area contributed by atoms with Crippen molar-refractivity contribution in [1.82, 2.24) is 4.57 Å². The monoisotopic (exact) mass is 388 g/mol. The van der Waals surface area contributed by atoms with Crippen LogP contribution in [-0.2, 0) is 6.54 Å². The van der Waals surface area contributed by atoms with Crippen LogP contribution < -0.4 is 4.80 Å². The van der Waals surface area contributed by atoms with Gasteiger partial charge in [-0.3, -0.25) is 4.79 Å². The highest BCUT2D eigenvalue weighted by molar-refractivity contribution is 9.10. The number of halogens is 1. The van der Waals surface area contributed by atoms with E-state index in [1.807, 2.05) is 12.1 Å². The predicted molar refractivity (Wildman–Crippen MR) is 99.0 cm³/mol. The topological polar surface area (TPSA) is 34.4 Å². The third-order valence-electron chi connectivity index (χ3n) is 3.72. The molecule has 0 aliphatic carbocycles. The lowest BCUT2D eigenvalue weighted by Crippen LogP contribution is -2.15. The Morgan fingerprint density at radius 2 is 1.91 bits per heavy atom. The molecule has 23 heavy (non-hydrogen) atoms. The van der Waals surface area contributed by atoms with Crippen LogP contribution in [0.25, 0.3) is 10.2 Å². The summed E-state index contributed by atoms with van der Waals surface area (Å²) in [5, 5.41) is 0. The van der Waals surface area contributed by atoms with E-state index in [1.165, 1.54) is 15.8 Å². The van der Waals surface area contributed by atoms with Gasteiger partial charge in [-0.15, -0.1) is 0 Å². The van der Waals surface area contributed by atoms with Crippen molar-refractivity contribution < 1.29 is 4.79 Å². The van der Waals surface area contributed by atoms with E-state index in [0.717, 1.165) is 21.3 Å². The molecule has 3 rings (SSSR count). The van der Waals surface area contributed by atoms with E-state index in [2.05, 4.69) is 58.4 Å². The third-order valence-corrected chi connectivity index (χ3v) is 5.48. The van der Waals surface area contributed by atoms with Gasteiger partial charge < -0.3 is 4.57 Å². The van der Waals surface area contributed by atoms with E-state index in [4.69, 9.17) is 0 Å². The highest BCUT2D eigenvalue weighted by Gasteiger charge is 2.10. The Bertz CT molecular complexity index is 952. The highest BCUT2D eigenvalue weighted by atomic mass is 79.9. The van der Waals surface area contributed by atoms with E-state index < -0.39 is 0 Å². The fourth-order valence-electron chi connectivity index (χ4n) is 2.65. The number of hydrogen-bond acceptors (Lipinski definition) is 2. The SMILES string of the molecule is CCn1c(=NC(=O)c2ccc(Br)cc2)sc2c(C)cc(C)cc21. The molecule has 3 aromatic rings. The first kappa shape index (κ1) is 16.1. The van der Waals surface area contributed by atoms with Crippen LogP contribution in [-0.4, -0.2) is 10.5 Å². The molecule has 0 aliphatic rings. The van der Waals surface area contributed by atoms with E-state index in [9.17, 15) is 4.79 Å². The Hall–Kier alpha value is -1.72. The molecule has 5 heteroatoms. The first-order valence-electron chi connectivity index (χ1n) is 7.45. The summed E-state index contributed by atoms with van der Waals surface area (Å²) in [6.07, 6.45) is 0. The van der Waals surface area contributed by atoms with Gasteiger partial charge in [-0.25, -0.2) is 0 Å². The molecule has 0 saturated heterocycles. The number of carbonyl (C=O) groups is 1. The molecule has 2 aromatic carbocycles. The van der Waals surface area contributed by atoms with Gasteiger partial charge in [-0.2, -0.15) is 4.99 Å². The Kier molecular flexibility index (Phi) is 4.50. The van der Waals surface area contributed by atoms with Crippen LogP contribution in [0, 0.1) is 13.8 Å². The van der Waals surface area contributed by atoms with Gasteiger partial charge in [0.05, 0.1) is 10.2 Å². The molecule has 0 N–H and O–H groups in total. The third kappa shape index (κ3) is 3.16. The van der Waals surface area contributed by atoms with Crippen molar-refractivity contribution in [3.63, 3.8) is 0 Å². The smallest absolute Gasteiger partial charge is 0.279 e. The van der Waals surface area contributed by atoms with Crippen molar-refractivity contribution in [1.29, 1.82) is 0 Å². The number of fused-ring (bicyclic) bond motifs is 1. The van der Waals surface area contributed by atoms with Gasteiger partial charge >= 0.3 is 0 Å². The maximum absolute atomic E-state index is 12.4. The van der Waals surface area contributed by atoms with Gasteiger partial charge in [0, 0.05) is 16.6 Å². The lowest BCUT2D eigenvalue weighted by Gasteiger charge is -2.03. The Labute approximate surface area is 147 Å². The number of benzene rings is 2. The Balaban J connectivity index is 2.17. The second-order valence-electron chi connectivity index (χ2n) is 5.48. The summed E-state index contributed by atoms with van der Waals surface area (Å²) >= 11 is 4.95. The summed E-state index contributed by atoms with van der Waals surface area (Å²) in [6.45, 7) is 7.06.